The van der Waals surface area contributed by atoms with Crippen LogP contribution in [0, 0.1) is 18.8 Å². The second-order valence-corrected chi connectivity index (χ2v) is 9.99. The van der Waals surface area contributed by atoms with Gasteiger partial charge in [0.05, 0.1) is 0 Å². The number of amides is 2. The summed E-state index contributed by atoms with van der Waals surface area (Å²) in [5, 5.41) is 5.11. The first-order chi connectivity index (χ1) is 15.5. The first-order valence-corrected chi connectivity index (χ1v) is 13.4. The maximum absolute atomic E-state index is 13.1. The van der Waals surface area contributed by atoms with Crippen molar-refractivity contribution in [2.75, 3.05) is 25.6 Å². The summed E-state index contributed by atoms with van der Waals surface area (Å²) in [6.45, 7) is 5.14. The summed E-state index contributed by atoms with van der Waals surface area (Å²) in [6.07, 6.45) is 12.7. The lowest BCUT2D eigenvalue weighted by Gasteiger charge is -2.25. The molecule has 1 N–H and O–H groups in total. The Hall–Kier alpha value is -1.92. The van der Waals surface area contributed by atoms with E-state index in [0.29, 0.717) is 13.1 Å². The zero-order chi connectivity index (χ0) is 23.3. The van der Waals surface area contributed by atoms with E-state index in [2.05, 4.69) is 42.6 Å². The van der Waals surface area contributed by atoms with E-state index < -0.39 is 0 Å². The number of nitrogens with zero attached hydrogens (tertiary/aromatic N) is 1. The highest BCUT2D eigenvalue weighted by atomic mass is 32.2. The maximum atomic E-state index is 13.1. The fourth-order valence-electron chi connectivity index (χ4n) is 3.85. The third-order valence-corrected chi connectivity index (χ3v) is 7.21. The molecule has 0 aromatic heterocycles. The number of rotatable bonds is 11. The summed E-state index contributed by atoms with van der Waals surface area (Å²) in [4.78, 5) is 28.9. The molecule has 2 atom stereocenters. The SMILES string of the molecule is C/C=C(/CNC(=O)C1CCCC1C(=O)N(C)Cc1ccc(C)cc1)SC/C=C/C=C\SC. The number of benzene rings is 1. The van der Waals surface area contributed by atoms with Crippen LogP contribution in [-0.4, -0.2) is 42.3 Å². The van der Waals surface area contributed by atoms with Crippen molar-refractivity contribution < 1.29 is 9.59 Å². The van der Waals surface area contributed by atoms with Crippen LogP contribution < -0.4 is 5.32 Å². The number of aryl methyl sites for hydroxylation is 1. The molecule has 174 valence electrons. The normalized spacial score (nSPS) is 19.1. The van der Waals surface area contributed by atoms with Gasteiger partial charge in [0.2, 0.25) is 11.8 Å². The first kappa shape index (κ1) is 26.3. The number of carbonyl (C=O) groups excluding carboxylic acids is 2. The standard InChI is InChI=1S/C26H36N2O2S2/c1-5-22(32-17-8-6-7-16-31-4)18-27-25(29)23-10-9-11-24(23)26(30)28(3)19-21-14-12-20(2)13-15-21/h5-8,12-16,23-24H,9-11,17-19H2,1-4H3,(H,27,29)/b8-6+,16-7-,22-5-. The molecule has 32 heavy (non-hydrogen) atoms. The quantitative estimate of drug-likeness (QED) is 0.429. The van der Waals surface area contributed by atoms with Crippen LogP contribution in [0.4, 0.5) is 0 Å². The second kappa shape index (κ2) is 14.3. The van der Waals surface area contributed by atoms with Crippen LogP contribution >= 0.6 is 23.5 Å². The van der Waals surface area contributed by atoms with E-state index in [-0.39, 0.29) is 23.7 Å². The summed E-state index contributed by atoms with van der Waals surface area (Å²) in [5.74, 6) is 0.485. The summed E-state index contributed by atoms with van der Waals surface area (Å²) in [7, 11) is 1.84. The van der Waals surface area contributed by atoms with Crippen molar-refractivity contribution in [2.45, 2.75) is 39.7 Å². The molecule has 0 saturated heterocycles. The second-order valence-electron chi connectivity index (χ2n) is 8.10. The third-order valence-electron chi connectivity index (χ3n) is 5.67. The smallest absolute Gasteiger partial charge is 0.226 e. The summed E-state index contributed by atoms with van der Waals surface area (Å²) >= 11 is 3.40. The molecule has 1 fully saturated rings. The average Bonchev–Trinajstić information content (AvgIpc) is 3.29. The fraction of sp³-hybridized carbons (Fsp3) is 0.462. The molecule has 6 heteroatoms. The van der Waals surface area contributed by atoms with Crippen molar-refractivity contribution in [3.63, 3.8) is 0 Å². The van der Waals surface area contributed by atoms with E-state index in [9.17, 15) is 9.59 Å². The van der Waals surface area contributed by atoms with Crippen molar-refractivity contribution in [3.8, 4) is 0 Å². The van der Waals surface area contributed by atoms with Crippen LogP contribution in [-0.2, 0) is 16.1 Å². The van der Waals surface area contributed by atoms with Gasteiger partial charge in [-0.05, 0) is 43.9 Å². The van der Waals surface area contributed by atoms with Gasteiger partial charge in [-0.3, -0.25) is 9.59 Å². The van der Waals surface area contributed by atoms with Gasteiger partial charge in [-0.1, -0.05) is 60.6 Å². The molecule has 0 heterocycles. The minimum Gasteiger partial charge on any atom is -0.351 e. The predicted molar refractivity (Wildman–Crippen MR) is 140 cm³/mol. The lowest BCUT2D eigenvalue weighted by Crippen LogP contribution is -2.40. The van der Waals surface area contributed by atoms with Crippen LogP contribution in [0.2, 0.25) is 0 Å². The van der Waals surface area contributed by atoms with E-state index in [4.69, 9.17) is 0 Å². The Labute approximate surface area is 202 Å². The molecule has 0 spiro atoms. The van der Waals surface area contributed by atoms with Crippen LogP contribution in [0.15, 0.2) is 58.9 Å². The van der Waals surface area contributed by atoms with E-state index in [1.54, 1.807) is 28.4 Å². The Balaban J connectivity index is 1.85. The predicted octanol–water partition coefficient (Wildman–Crippen LogP) is 5.56. The van der Waals surface area contributed by atoms with Gasteiger partial charge >= 0.3 is 0 Å². The number of hydrogen-bond acceptors (Lipinski definition) is 4. The van der Waals surface area contributed by atoms with Crippen molar-refractivity contribution in [3.05, 3.63) is 70.0 Å². The van der Waals surface area contributed by atoms with E-state index in [1.165, 1.54) is 5.56 Å². The molecule has 2 rings (SSSR count). The Morgan fingerprint density at radius 2 is 1.88 bits per heavy atom. The highest BCUT2D eigenvalue weighted by Gasteiger charge is 2.38. The third kappa shape index (κ3) is 8.55. The van der Waals surface area contributed by atoms with Gasteiger partial charge in [0.15, 0.2) is 0 Å². The highest BCUT2D eigenvalue weighted by molar-refractivity contribution is 8.03. The van der Waals surface area contributed by atoms with Crippen LogP contribution in [0.1, 0.15) is 37.3 Å². The van der Waals surface area contributed by atoms with E-state index in [1.807, 2.05) is 43.9 Å². The fourth-order valence-corrected chi connectivity index (χ4v) is 4.86. The van der Waals surface area contributed by atoms with Crippen molar-refractivity contribution in [1.82, 2.24) is 10.2 Å². The average molecular weight is 473 g/mol. The Kier molecular flexibility index (Phi) is 11.7. The van der Waals surface area contributed by atoms with Crippen LogP contribution in [0.5, 0.6) is 0 Å². The monoisotopic (exact) mass is 472 g/mol. The van der Waals surface area contributed by atoms with Gasteiger partial charge in [-0.15, -0.1) is 23.5 Å². The Morgan fingerprint density at radius 1 is 1.16 bits per heavy atom. The highest BCUT2D eigenvalue weighted by Crippen LogP contribution is 2.33. The topological polar surface area (TPSA) is 49.4 Å². The zero-order valence-corrected chi connectivity index (χ0v) is 21.3. The Bertz CT molecular complexity index is 831. The van der Waals surface area contributed by atoms with Crippen LogP contribution in [0.25, 0.3) is 0 Å². The minimum absolute atomic E-state index is 0.00276. The summed E-state index contributed by atoms with van der Waals surface area (Å²) < 4.78 is 0. The van der Waals surface area contributed by atoms with E-state index >= 15 is 0 Å². The molecule has 0 aliphatic heterocycles. The molecule has 0 bridgehead atoms. The van der Waals surface area contributed by atoms with Gasteiger partial charge in [0, 0.05) is 42.6 Å². The molecular formula is C26H36N2O2S2. The number of thioether (sulfide) groups is 2. The number of allylic oxidation sites excluding steroid dienone is 3. The van der Waals surface area contributed by atoms with Crippen molar-refractivity contribution in [2.24, 2.45) is 11.8 Å². The van der Waals surface area contributed by atoms with Crippen LogP contribution in [0.3, 0.4) is 0 Å². The lowest BCUT2D eigenvalue weighted by molar-refractivity contribution is -0.140. The molecule has 4 nitrogen and oxygen atoms in total. The lowest BCUT2D eigenvalue weighted by atomic mass is 9.93. The molecule has 1 aliphatic rings. The Morgan fingerprint density at radius 3 is 2.56 bits per heavy atom. The maximum Gasteiger partial charge on any atom is 0.226 e. The molecule has 2 unspecified atom stereocenters. The largest absolute Gasteiger partial charge is 0.351 e. The molecule has 1 aliphatic carbocycles. The van der Waals surface area contributed by atoms with E-state index in [0.717, 1.165) is 35.5 Å². The van der Waals surface area contributed by atoms with Gasteiger partial charge < -0.3 is 10.2 Å². The molecule has 1 saturated carbocycles. The molecule has 2 amide bonds. The van der Waals surface area contributed by atoms with Crippen molar-refractivity contribution >= 4 is 35.3 Å². The molecular weight excluding hydrogens is 436 g/mol. The van der Waals surface area contributed by atoms with Gasteiger partial charge in [0.1, 0.15) is 0 Å². The summed E-state index contributed by atoms with van der Waals surface area (Å²) in [6, 6.07) is 8.24. The van der Waals surface area contributed by atoms with Gasteiger partial charge in [-0.25, -0.2) is 0 Å². The first-order valence-electron chi connectivity index (χ1n) is 11.2. The minimum atomic E-state index is -0.234. The summed E-state index contributed by atoms with van der Waals surface area (Å²) in [5.41, 5.74) is 2.32. The number of nitrogens with one attached hydrogen (secondary N) is 1. The molecule has 0 radical (unpaired) electrons. The van der Waals surface area contributed by atoms with Crippen molar-refractivity contribution in [1.29, 1.82) is 0 Å². The molecule has 1 aromatic carbocycles. The number of carbonyl (C=O) groups is 2. The zero-order valence-electron chi connectivity index (χ0n) is 19.7. The van der Waals surface area contributed by atoms with Gasteiger partial charge in [-0.2, -0.15) is 0 Å². The molecule has 1 aromatic rings. The number of hydrogen-bond donors (Lipinski definition) is 1. The van der Waals surface area contributed by atoms with Gasteiger partial charge in [0.25, 0.3) is 0 Å².